The molecule has 0 spiro atoms. The first-order valence-corrected chi connectivity index (χ1v) is 9.58. The number of aromatic nitrogens is 1. The van der Waals surface area contributed by atoms with E-state index in [1.807, 2.05) is 42.5 Å². The number of piperidine rings is 1. The largest absolute Gasteiger partial charge is 0.492 e. The van der Waals surface area contributed by atoms with Crippen molar-refractivity contribution in [3.05, 3.63) is 54.1 Å². The molecule has 1 saturated heterocycles. The highest BCUT2D eigenvalue weighted by molar-refractivity contribution is 6.06. The minimum absolute atomic E-state index is 0.413. The summed E-state index contributed by atoms with van der Waals surface area (Å²) in [4.78, 5) is 17.4. The minimum Gasteiger partial charge on any atom is -0.492 e. The smallest absolute Gasteiger partial charge is 0.249 e. The van der Waals surface area contributed by atoms with E-state index in [4.69, 9.17) is 10.5 Å². The highest BCUT2D eigenvalue weighted by atomic mass is 16.5. The van der Waals surface area contributed by atoms with E-state index < -0.39 is 5.91 Å². The summed E-state index contributed by atoms with van der Waals surface area (Å²) in [5.74, 6) is 0.466. The topological polar surface area (TPSA) is 71.3 Å². The summed E-state index contributed by atoms with van der Waals surface area (Å²) in [6, 6.07) is 15.6. The number of carbonyl (C=O) groups excluding carboxylic acids is 1. The molecule has 5 heteroatoms. The van der Waals surface area contributed by atoms with Crippen LogP contribution in [-0.4, -0.2) is 42.0 Å². The van der Waals surface area contributed by atoms with Crippen LogP contribution >= 0.6 is 0 Å². The first-order valence-electron chi connectivity index (χ1n) is 9.58. The Morgan fingerprint density at radius 2 is 1.85 bits per heavy atom. The number of nitrogens with two attached hydrogens (primary N) is 1. The van der Waals surface area contributed by atoms with Crippen molar-refractivity contribution in [2.24, 2.45) is 5.73 Å². The molecule has 0 aliphatic carbocycles. The number of amides is 1. The molecule has 27 heavy (non-hydrogen) atoms. The Hall–Kier alpha value is -2.79. The van der Waals surface area contributed by atoms with E-state index in [0.717, 1.165) is 34.5 Å². The molecule has 3 N–H and O–H groups in total. The average Bonchev–Trinajstić information content (AvgIpc) is 3.13. The normalized spacial score (nSPS) is 15.1. The molecule has 1 amide bonds. The molecular weight excluding hydrogens is 338 g/mol. The number of hydrogen-bond donors (Lipinski definition) is 2. The molecule has 5 nitrogen and oxygen atoms in total. The monoisotopic (exact) mass is 363 g/mol. The van der Waals surface area contributed by atoms with Crippen LogP contribution in [-0.2, 0) is 0 Å². The Labute approximate surface area is 159 Å². The first-order chi connectivity index (χ1) is 13.2. The van der Waals surface area contributed by atoms with E-state index in [0.29, 0.717) is 12.2 Å². The molecule has 1 aromatic heterocycles. The van der Waals surface area contributed by atoms with Gasteiger partial charge in [0, 0.05) is 28.7 Å². The lowest BCUT2D eigenvalue weighted by atomic mass is 10.1. The van der Waals surface area contributed by atoms with Gasteiger partial charge in [0.15, 0.2) is 0 Å². The molecule has 1 aliphatic heterocycles. The van der Waals surface area contributed by atoms with Crippen molar-refractivity contribution in [3.63, 3.8) is 0 Å². The van der Waals surface area contributed by atoms with Gasteiger partial charge < -0.3 is 15.5 Å². The molecule has 0 bridgehead atoms. The quantitative estimate of drug-likeness (QED) is 0.700. The van der Waals surface area contributed by atoms with Crippen molar-refractivity contribution >= 4 is 16.8 Å². The maximum Gasteiger partial charge on any atom is 0.249 e. The predicted molar refractivity (Wildman–Crippen MR) is 108 cm³/mol. The first kappa shape index (κ1) is 17.6. The van der Waals surface area contributed by atoms with E-state index >= 15 is 0 Å². The average molecular weight is 363 g/mol. The zero-order valence-corrected chi connectivity index (χ0v) is 15.4. The zero-order chi connectivity index (χ0) is 18.6. The second kappa shape index (κ2) is 7.84. The molecule has 4 rings (SSSR count). The Balaban J connectivity index is 1.43. The molecular formula is C22H25N3O2. The van der Waals surface area contributed by atoms with Crippen LogP contribution < -0.4 is 10.5 Å². The van der Waals surface area contributed by atoms with Gasteiger partial charge in [0.2, 0.25) is 5.91 Å². The van der Waals surface area contributed by atoms with Gasteiger partial charge in [0.1, 0.15) is 12.4 Å². The number of aromatic amines is 1. The molecule has 0 saturated carbocycles. The highest BCUT2D eigenvalue weighted by Gasteiger charge is 2.11. The lowest BCUT2D eigenvalue weighted by Crippen LogP contribution is -2.33. The summed E-state index contributed by atoms with van der Waals surface area (Å²) in [6.07, 6.45) is 3.96. The Bertz CT molecular complexity index is 924. The van der Waals surface area contributed by atoms with Gasteiger partial charge in [-0.2, -0.15) is 0 Å². The van der Waals surface area contributed by atoms with Crippen LogP contribution in [0.4, 0.5) is 0 Å². The SMILES string of the molecule is NC(=O)c1cccc2[nH]c(-c3ccc(OCCN4CCCCC4)cc3)cc12. The molecule has 0 unspecified atom stereocenters. The van der Waals surface area contributed by atoms with Crippen molar-refractivity contribution in [3.8, 4) is 17.0 Å². The second-order valence-corrected chi connectivity index (χ2v) is 7.09. The summed E-state index contributed by atoms with van der Waals surface area (Å²) < 4.78 is 5.90. The van der Waals surface area contributed by atoms with Crippen LogP contribution in [0.2, 0.25) is 0 Å². The van der Waals surface area contributed by atoms with Gasteiger partial charge >= 0.3 is 0 Å². The van der Waals surface area contributed by atoms with Gasteiger partial charge in [-0.05, 0) is 74.0 Å². The number of nitrogens with zero attached hydrogens (tertiary/aromatic N) is 1. The number of rotatable bonds is 6. The Morgan fingerprint density at radius 3 is 2.59 bits per heavy atom. The van der Waals surface area contributed by atoms with Crippen LogP contribution in [0.25, 0.3) is 22.2 Å². The third-order valence-corrected chi connectivity index (χ3v) is 5.22. The molecule has 3 aromatic rings. The number of primary amides is 1. The maximum absolute atomic E-state index is 11.6. The van der Waals surface area contributed by atoms with E-state index in [-0.39, 0.29) is 0 Å². The number of H-pyrrole nitrogens is 1. The summed E-state index contributed by atoms with van der Waals surface area (Å²) in [5.41, 5.74) is 8.92. The van der Waals surface area contributed by atoms with E-state index in [9.17, 15) is 4.79 Å². The molecule has 1 aliphatic rings. The number of ether oxygens (including phenoxy) is 1. The second-order valence-electron chi connectivity index (χ2n) is 7.09. The molecule has 2 aromatic carbocycles. The number of nitrogens with one attached hydrogen (secondary N) is 1. The molecule has 140 valence electrons. The van der Waals surface area contributed by atoms with Gasteiger partial charge in [0.25, 0.3) is 0 Å². The summed E-state index contributed by atoms with van der Waals surface area (Å²) in [7, 11) is 0. The highest BCUT2D eigenvalue weighted by Crippen LogP contribution is 2.27. The molecule has 0 atom stereocenters. The van der Waals surface area contributed by atoms with Crippen molar-refractivity contribution in [2.45, 2.75) is 19.3 Å². The van der Waals surface area contributed by atoms with E-state index in [2.05, 4.69) is 9.88 Å². The summed E-state index contributed by atoms with van der Waals surface area (Å²) >= 11 is 0. The number of fused-ring (bicyclic) bond motifs is 1. The minimum atomic E-state index is -0.413. The fraction of sp³-hybridized carbons (Fsp3) is 0.318. The van der Waals surface area contributed by atoms with Crippen LogP contribution in [0, 0.1) is 0 Å². The van der Waals surface area contributed by atoms with Crippen LogP contribution in [0.1, 0.15) is 29.6 Å². The maximum atomic E-state index is 11.6. The lowest BCUT2D eigenvalue weighted by Gasteiger charge is -2.26. The van der Waals surface area contributed by atoms with Gasteiger partial charge in [-0.25, -0.2) is 0 Å². The lowest BCUT2D eigenvalue weighted by molar-refractivity contribution is 0.100. The standard InChI is InChI=1S/C22H25N3O2/c23-22(26)18-5-4-6-20-19(18)15-21(24-20)16-7-9-17(10-8-16)27-14-13-25-11-2-1-3-12-25/h4-10,15,24H,1-3,11-14H2,(H2,23,26). The molecule has 1 fully saturated rings. The van der Waals surface area contributed by atoms with Gasteiger partial charge in [-0.1, -0.05) is 12.5 Å². The van der Waals surface area contributed by atoms with Crippen LogP contribution in [0.3, 0.4) is 0 Å². The van der Waals surface area contributed by atoms with Crippen molar-refractivity contribution in [1.82, 2.24) is 9.88 Å². The van der Waals surface area contributed by atoms with Crippen LogP contribution in [0.5, 0.6) is 5.75 Å². The van der Waals surface area contributed by atoms with Crippen LogP contribution in [0.15, 0.2) is 48.5 Å². The Kier molecular flexibility index (Phi) is 5.12. The predicted octanol–water partition coefficient (Wildman–Crippen LogP) is 3.80. The Morgan fingerprint density at radius 1 is 1.07 bits per heavy atom. The fourth-order valence-electron chi connectivity index (χ4n) is 3.73. The number of hydrogen-bond acceptors (Lipinski definition) is 3. The van der Waals surface area contributed by atoms with Crippen molar-refractivity contribution < 1.29 is 9.53 Å². The van der Waals surface area contributed by atoms with E-state index in [1.165, 1.54) is 32.4 Å². The van der Waals surface area contributed by atoms with E-state index in [1.54, 1.807) is 6.07 Å². The molecule has 0 radical (unpaired) electrons. The van der Waals surface area contributed by atoms with Gasteiger partial charge in [-0.15, -0.1) is 0 Å². The summed E-state index contributed by atoms with van der Waals surface area (Å²) in [5, 5.41) is 0.849. The number of likely N-dealkylation sites (tertiary alicyclic amines) is 1. The van der Waals surface area contributed by atoms with Gasteiger partial charge in [0.05, 0.1) is 0 Å². The number of carbonyl (C=O) groups is 1. The third kappa shape index (κ3) is 3.98. The van der Waals surface area contributed by atoms with Crippen molar-refractivity contribution in [1.29, 1.82) is 0 Å². The van der Waals surface area contributed by atoms with Crippen molar-refractivity contribution in [2.75, 3.05) is 26.2 Å². The fourth-order valence-corrected chi connectivity index (χ4v) is 3.73. The van der Waals surface area contributed by atoms with Gasteiger partial charge in [-0.3, -0.25) is 9.69 Å². The zero-order valence-electron chi connectivity index (χ0n) is 15.4. The third-order valence-electron chi connectivity index (χ3n) is 5.22. The number of benzene rings is 2. The molecule has 2 heterocycles. The summed E-state index contributed by atoms with van der Waals surface area (Å²) in [6.45, 7) is 4.08.